The van der Waals surface area contributed by atoms with Crippen molar-refractivity contribution in [1.29, 1.82) is 0 Å². The zero-order valence-corrected chi connectivity index (χ0v) is 26.8. The molecule has 1 heterocycles. The molecule has 0 radical (unpaired) electrons. The summed E-state index contributed by atoms with van der Waals surface area (Å²) in [5.41, 5.74) is 0.574. The van der Waals surface area contributed by atoms with Crippen molar-refractivity contribution in [2.75, 3.05) is 10.6 Å². The van der Waals surface area contributed by atoms with E-state index in [1.165, 1.54) is 12.1 Å². The van der Waals surface area contributed by atoms with Crippen LogP contribution in [-0.2, 0) is 15.7 Å². The maximum absolute atomic E-state index is 13.9. The predicted octanol–water partition coefficient (Wildman–Crippen LogP) is 7.87. The SMILES string of the molecule is CC(C)(C)OC(=O)C(C)(C)Oc1ccc(C(=O)C2CCC(NC(=O)Nc3ccc(C(F)(F)F)cc3)C3Nc4ccccc4C=C23)cc1. The summed E-state index contributed by atoms with van der Waals surface area (Å²) in [4.78, 5) is 39.5. The van der Waals surface area contributed by atoms with Gasteiger partial charge in [-0.25, -0.2) is 9.59 Å². The molecule has 1 aliphatic heterocycles. The number of rotatable bonds is 7. The fourth-order valence-corrected chi connectivity index (χ4v) is 5.75. The van der Waals surface area contributed by atoms with Gasteiger partial charge in [-0.1, -0.05) is 24.3 Å². The van der Waals surface area contributed by atoms with Gasteiger partial charge in [0.2, 0.25) is 0 Å². The molecule has 1 fully saturated rings. The number of carbonyl (C=O) groups excluding carboxylic acids is 3. The largest absolute Gasteiger partial charge is 0.476 e. The summed E-state index contributed by atoms with van der Waals surface area (Å²) in [5, 5.41) is 9.05. The third-order valence-corrected chi connectivity index (χ3v) is 8.03. The van der Waals surface area contributed by atoms with E-state index in [4.69, 9.17) is 9.47 Å². The summed E-state index contributed by atoms with van der Waals surface area (Å²) in [6.45, 7) is 8.59. The van der Waals surface area contributed by atoms with Crippen LogP contribution in [0.4, 0.5) is 29.3 Å². The van der Waals surface area contributed by atoms with Gasteiger partial charge in [-0.3, -0.25) is 4.79 Å². The molecule has 0 bridgehead atoms. The highest BCUT2D eigenvalue weighted by Crippen LogP contribution is 2.40. The second kappa shape index (κ2) is 12.8. The van der Waals surface area contributed by atoms with Gasteiger partial charge in [0.1, 0.15) is 11.4 Å². The van der Waals surface area contributed by atoms with E-state index in [-0.39, 0.29) is 11.5 Å². The molecule has 8 nitrogen and oxygen atoms in total. The van der Waals surface area contributed by atoms with Crippen LogP contribution < -0.4 is 20.7 Å². The Balaban J connectivity index is 1.31. The van der Waals surface area contributed by atoms with Gasteiger partial charge in [0.05, 0.1) is 17.6 Å². The Morgan fingerprint density at radius 1 is 0.851 bits per heavy atom. The number of fused-ring (bicyclic) bond motifs is 2. The van der Waals surface area contributed by atoms with Crippen LogP contribution in [0.2, 0.25) is 0 Å². The lowest BCUT2D eigenvalue weighted by Crippen LogP contribution is -2.54. The standard InChI is InChI=1S/C36H38F3N3O5/c1-34(2,3)47-32(44)35(4,5)46-25-16-10-21(11-17-25)31(43)26-18-19-29(30-27(26)20-22-8-6-7-9-28(22)41-30)42-33(45)40-24-14-12-23(13-15-24)36(37,38)39/h6-17,20,26,29-30,41H,18-19H2,1-5H3,(H2,40,42,45). The van der Waals surface area contributed by atoms with Crippen LogP contribution in [0.25, 0.3) is 6.08 Å². The second-order valence-electron chi connectivity index (χ2n) is 13.3. The van der Waals surface area contributed by atoms with Gasteiger partial charge in [0.15, 0.2) is 11.4 Å². The van der Waals surface area contributed by atoms with Crippen molar-refractivity contribution in [2.24, 2.45) is 5.92 Å². The molecule has 11 heteroatoms. The van der Waals surface area contributed by atoms with Gasteiger partial charge < -0.3 is 25.4 Å². The number of carbonyl (C=O) groups is 3. The van der Waals surface area contributed by atoms with E-state index in [2.05, 4.69) is 16.0 Å². The first kappa shape index (κ1) is 33.6. The summed E-state index contributed by atoms with van der Waals surface area (Å²) in [6.07, 6.45) is -1.56. The molecule has 2 amide bonds. The van der Waals surface area contributed by atoms with Crippen molar-refractivity contribution in [3.63, 3.8) is 0 Å². The first-order valence-electron chi connectivity index (χ1n) is 15.4. The summed E-state index contributed by atoms with van der Waals surface area (Å²) >= 11 is 0. The minimum Gasteiger partial charge on any atom is -0.476 e. The fourth-order valence-electron chi connectivity index (χ4n) is 5.75. The van der Waals surface area contributed by atoms with Gasteiger partial charge in [-0.2, -0.15) is 13.2 Å². The molecule has 1 aliphatic carbocycles. The Morgan fingerprint density at radius 2 is 1.51 bits per heavy atom. The Morgan fingerprint density at radius 3 is 2.15 bits per heavy atom. The third-order valence-electron chi connectivity index (χ3n) is 8.03. The number of nitrogens with one attached hydrogen (secondary N) is 3. The number of alkyl halides is 3. The maximum Gasteiger partial charge on any atom is 0.416 e. The summed E-state index contributed by atoms with van der Waals surface area (Å²) in [6, 6.07) is 17.2. The number of esters is 1. The Labute approximate surface area is 271 Å². The molecule has 3 N–H and O–H groups in total. The number of benzene rings is 3. The average Bonchev–Trinajstić information content (AvgIpc) is 2.99. The van der Waals surface area contributed by atoms with E-state index in [0.29, 0.717) is 24.2 Å². The Bertz CT molecular complexity index is 1680. The van der Waals surface area contributed by atoms with Crippen molar-refractivity contribution in [2.45, 2.75) is 76.9 Å². The Kier molecular flexibility index (Phi) is 9.12. The molecule has 3 aromatic rings. The van der Waals surface area contributed by atoms with Crippen molar-refractivity contribution in [1.82, 2.24) is 5.32 Å². The third kappa shape index (κ3) is 7.96. The lowest BCUT2D eigenvalue weighted by molar-refractivity contribution is -0.170. The number of hydrogen-bond donors (Lipinski definition) is 3. The summed E-state index contributed by atoms with van der Waals surface area (Å²) < 4.78 is 50.2. The van der Waals surface area contributed by atoms with E-state index in [1.54, 1.807) is 58.9 Å². The highest BCUT2D eigenvalue weighted by molar-refractivity contribution is 6.01. The van der Waals surface area contributed by atoms with E-state index >= 15 is 0 Å². The van der Waals surface area contributed by atoms with E-state index in [1.807, 2.05) is 30.3 Å². The molecule has 3 atom stereocenters. The first-order chi connectivity index (χ1) is 22.0. The van der Waals surface area contributed by atoms with Crippen LogP contribution in [0, 0.1) is 5.92 Å². The molecule has 3 unspecified atom stereocenters. The van der Waals surface area contributed by atoms with E-state index < -0.39 is 52.9 Å². The fraction of sp³-hybridized carbons (Fsp3) is 0.361. The van der Waals surface area contributed by atoms with Crippen LogP contribution in [-0.4, -0.2) is 41.1 Å². The minimum absolute atomic E-state index is 0.0898. The molecule has 1 saturated carbocycles. The number of anilines is 2. The molecule has 0 saturated heterocycles. The number of amides is 2. The minimum atomic E-state index is -4.48. The zero-order chi connectivity index (χ0) is 34.1. The quantitative estimate of drug-likeness (QED) is 0.178. The van der Waals surface area contributed by atoms with Crippen LogP contribution in [0.5, 0.6) is 5.75 Å². The van der Waals surface area contributed by atoms with Crippen LogP contribution >= 0.6 is 0 Å². The highest BCUT2D eigenvalue weighted by Gasteiger charge is 2.41. The van der Waals surface area contributed by atoms with Gasteiger partial charge in [-0.15, -0.1) is 0 Å². The van der Waals surface area contributed by atoms with Crippen molar-refractivity contribution in [3.05, 3.63) is 95.1 Å². The normalized spacial score (nSPS) is 19.2. The highest BCUT2D eigenvalue weighted by atomic mass is 19.4. The molecule has 47 heavy (non-hydrogen) atoms. The topological polar surface area (TPSA) is 106 Å². The van der Waals surface area contributed by atoms with Crippen molar-refractivity contribution in [3.8, 4) is 5.75 Å². The van der Waals surface area contributed by atoms with Crippen LogP contribution in [0.3, 0.4) is 0 Å². The van der Waals surface area contributed by atoms with E-state index in [9.17, 15) is 27.6 Å². The average molecular weight is 650 g/mol. The number of urea groups is 1. The molecular formula is C36H38F3N3O5. The zero-order valence-electron chi connectivity index (χ0n) is 26.8. The number of halogens is 3. The van der Waals surface area contributed by atoms with Crippen LogP contribution in [0.1, 0.15) is 68.9 Å². The second-order valence-corrected chi connectivity index (χ2v) is 13.3. The molecular weight excluding hydrogens is 611 g/mol. The first-order valence-corrected chi connectivity index (χ1v) is 15.4. The van der Waals surface area contributed by atoms with Gasteiger partial charge >= 0.3 is 18.2 Å². The number of ketones is 1. The smallest absolute Gasteiger partial charge is 0.416 e. The number of para-hydroxylation sites is 1. The van der Waals surface area contributed by atoms with Gasteiger partial charge in [0.25, 0.3) is 0 Å². The molecule has 2 aliphatic rings. The molecule has 3 aromatic carbocycles. The van der Waals surface area contributed by atoms with Crippen LogP contribution in [0.15, 0.2) is 78.4 Å². The lowest BCUT2D eigenvalue weighted by Gasteiger charge is -2.42. The molecule has 5 rings (SSSR count). The molecule has 0 aromatic heterocycles. The number of Topliss-reactive ketones (excluding diaryl/α,β-unsaturated/α-hetero) is 1. The molecule has 248 valence electrons. The lowest BCUT2D eigenvalue weighted by atomic mass is 9.72. The Hall–Kier alpha value is -4.80. The molecule has 0 spiro atoms. The van der Waals surface area contributed by atoms with Crippen molar-refractivity contribution < 1.29 is 37.0 Å². The van der Waals surface area contributed by atoms with Crippen molar-refractivity contribution >= 4 is 35.2 Å². The van der Waals surface area contributed by atoms with E-state index in [0.717, 1.165) is 29.0 Å². The number of hydrogen-bond acceptors (Lipinski definition) is 6. The monoisotopic (exact) mass is 649 g/mol. The summed E-state index contributed by atoms with van der Waals surface area (Å²) in [7, 11) is 0. The van der Waals surface area contributed by atoms with Gasteiger partial charge in [-0.05, 0) is 113 Å². The summed E-state index contributed by atoms with van der Waals surface area (Å²) in [5.74, 6) is -0.656. The van der Waals surface area contributed by atoms with Gasteiger partial charge in [0, 0.05) is 22.9 Å². The maximum atomic E-state index is 13.9. The predicted molar refractivity (Wildman–Crippen MR) is 173 cm³/mol. The number of ether oxygens (including phenoxy) is 2.